The number of halogens is 1. The molecule has 0 amide bonds. The molecule has 0 aromatic heterocycles. The average Bonchev–Trinajstić information content (AvgIpc) is 2.09. The standard InChI is InChI=1S/C7H5ClN2O3/c8-6-3-1-5(2-4-6)7(9-11)10(12)13/h1-4,11H. The van der Waals surface area contributed by atoms with Crippen LogP contribution in [0.3, 0.4) is 0 Å². The summed E-state index contributed by atoms with van der Waals surface area (Å²) in [7, 11) is 0. The average molecular weight is 201 g/mol. The van der Waals surface area contributed by atoms with E-state index in [9.17, 15) is 10.1 Å². The number of hydrogen-bond donors (Lipinski definition) is 1. The van der Waals surface area contributed by atoms with Crippen LogP contribution in [0.4, 0.5) is 0 Å². The van der Waals surface area contributed by atoms with E-state index < -0.39 is 10.8 Å². The summed E-state index contributed by atoms with van der Waals surface area (Å²) in [6.45, 7) is 0. The molecule has 1 N–H and O–H groups in total. The van der Waals surface area contributed by atoms with Crippen molar-refractivity contribution in [3.63, 3.8) is 0 Å². The van der Waals surface area contributed by atoms with Crippen LogP contribution >= 0.6 is 11.6 Å². The molecular formula is C7H5ClN2O3. The highest BCUT2D eigenvalue weighted by Crippen LogP contribution is 2.10. The number of nitrogens with zero attached hydrogens (tertiary/aromatic N) is 2. The molecule has 0 bridgehead atoms. The number of oxime groups is 1. The molecule has 1 aromatic carbocycles. The van der Waals surface area contributed by atoms with Crippen LogP contribution in [0.25, 0.3) is 0 Å². The zero-order valence-electron chi connectivity index (χ0n) is 6.35. The second kappa shape index (κ2) is 3.86. The molecule has 1 aromatic rings. The fourth-order valence-electron chi connectivity index (χ4n) is 0.799. The first-order chi connectivity index (χ1) is 6.15. The molecule has 6 heteroatoms. The van der Waals surface area contributed by atoms with Crippen molar-refractivity contribution in [2.45, 2.75) is 0 Å². The predicted octanol–water partition coefficient (Wildman–Crippen LogP) is 1.75. The lowest BCUT2D eigenvalue weighted by Gasteiger charge is -1.96. The Labute approximate surface area is 78.4 Å². The van der Waals surface area contributed by atoms with Crippen LogP contribution in [-0.2, 0) is 0 Å². The minimum Gasteiger partial charge on any atom is -0.358 e. The summed E-state index contributed by atoms with van der Waals surface area (Å²) in [4.78, 5) is 9.52. The van der Waals surface area contributed by atoms with Crippen molar-refractivity contribution >= 4 is 17.4 Å². The maximum atomic E-state index is 10.3. The molecule has 0 saturated heterocycles. The van der Waals surface area contributed by atoms with Gasteiger partial charge in [0.15, 0.2) is 5.16 Å². The van der Waals surface area contributed by atoms with Crippen LogP contribution in [-0.4, -0.2) is 16.0 Å². The Kier molecular flexibility index (Phi) is 2.81. The van der Waals surface area contributed by atoms with E-state index in [0.29, 0.717) is 5.02 Å². The molecular weight excluding hydrogens is 196 g/mol. The van der Waals surface area contributed by atoms with Crippen molar-refractivity contribution < 1.29 is 10.1 Å². The van der Waals surface area contributed by atoms with E-state index in [0.717, 1.165) is 0 Å². The van der Waals surface area contributed by atoms with E-state index in [1.165, 1.54) is 24.3 Å². The van der Waals surface area contributed by atoms with Gasteiger partial charge in [-0.1, -0.05) is 11.6 Å². The zero-order valence-corrected chi connectivity index (χ0v) is 7.10. The Morgan fingerprint density at radius 3 is 2.38 bits per heavy atom. The Balaban J connectivity index is 3.07. The predicted molar refractivity (Wildman–Crippen MR) is 46.8 cm³/mol. The lowest BCUT2D eigenvalue weighted by Crippen LogP contribution is -2.12. The summed E-state index contributed by atoms with van der Waals surface area (Å²) >= 11 is 5.57. The van der Waals surface area contributed by atoms with E-state index in [1.54, 1.807) is 0 Å². The van der Waals surface area contributed by atoms with Gasteiger partial charge in [-0.25, -0.2) is 0 Å². The first-order valence-corrected chi connectivity index (χ1v) is 3.65. The Morgan fingerprint density at radius 2 is 2.00 bits per heavy atom. The first-order valence-electron chi connectivity index (χ1n) is 3.27. The van der Waals surface area contributed by atoms with E-state index >= 15 is 0 Å². The van der Waals surface area contributed by atoms with Gasteiger partial charge in [-0.05, 0) is 29.2 Å². The fourth-order valence-corrected chi connectivity index (χ4v) is 0.925. The van der Waals surface area contributed by atoms with E-state index in [1.807, 2.05) is 0 Å². The lowest BCUT2D eigenvalue weighted by atomic mass is 10.2. The maximum Gasteiger partial charge on any atom is 0.416 e. The second-order valence-electron chi connectivity index (χ2n) is 2.19. The zero-order chi connectivity index (χ0) is 9.84. The van der Waals surface area contributed by atoms with E-state index in [2.05, 4.69) is 5.16 Å². The Morgan fingerprint density at radius 1 is 1.46 bits per heavy atom. The van der Waals surface area contributed by atoms with Gasteiger partial charge in [0.25, 0.3) is 0 Å². The Bertz CT molecular complexity index is 347. The molecule has 0 fully saturated rings. The number of hydrogen-bond acceptors (Lipinski definition) is 4. The molecule has 0 atom stereocenters. The van der Waals surface area contributed by atoms with Gasteiger partial charge in [-0.2, -0.15) is 0 Å². The van der Waals surface area contributed by atoms with Crippen LogP contribution < -0.4 is 0 Å². The summed E-state index contributed by atoms with van der Waals surface area (Å²) in [5, 5.41) is 21.7. The molecule has 5 nitrogen and oxygen atoms in total. The van der Waals surface area contributed by atoms with Crippen molar-refractivity contribution in [2.75, 3.05) is 0 Å². The number of benzene rings is 1. The molecule has 0 unspecified atom stereocenters. The molecule has 0 aliphatic carbocycles. The molecule has 68 valence electrons. The highest BCUT2D eigenvalue weighted by Gasteiger charge is 2.15. The van der Waals surface area contributed by atoms with Crippen molar-refractivity contribution in [3.8, 4) is 0 Å². The van der Waals surface area contributed by atoms with Gasteiger partial charge in [0.05, 0.1) is 5.56 Å². The fraction of sp³-hybridized carbons (Fsp3) is 0. The topological polar surface area (TPSA) is 75.7 Å². The molecule has 0 aliphatic rings. The highest BCUT2D eigenvalue weighted by atomic mass is 35.5. The van der Waals surface area contributed by atoms with Gasteiger partial charge < -0.3 is 15.3 Å². The quantitative estimate of drug-likeness (QED) is 0.247. The van der Waals surface area contributed by atoms with E-state index in [4.69, 9.17) is 16.8 Å². The monoisotopic (exact) mass is 200 g/mol. The van der Waals surface area contributed by atoms with Gasteiger partial charge in [-0.3, -0.25) is 0 Å². The van der Waals surface area contributed by atoms with Crippen LogP contribution in [0.15, 0.2) is 29.4 Å². The molecule has 0 radical (unpaired) electrons. The second-order valence-corrected chi connectivity index (χ2v) is 2.62. The third kappa shape index (κ3) is 2.16. The van der Waals surface area contributed by atoms with Crippen molar-refractivity contribution in [1.29, 1.82) is 0 Å². The third-order valence-electron chi connectivity index (χ3n) is 1.37. The Hall–Kier alpha value is -1.62. The third-order valence-corrected chi connectivity index (χ3v) is 1.62. The van der Waals surface area contributed by atoms with Crippen LogP contribution in [0.2, 0.25) is 5.02 Å². The highest BCUT2D eigenvalue weighted by molar-refractivity contribution is 6.30. The van der Waals surface area contributed by atoms with Crippen molar-refractivity contribution in [2.24, 2.45) is 5.16 Å². The first kappa shape index (κ1) is 9.47. The minimum absolute atomic E-state index is 0.205. The summed E-state index contributed by atoms with van der Waals surface area (Å²) in [5.74, 6) is -0.600. The largest absolute Gasteiger partial charge is 0.416 e. The lowest BCUT2D eigenvalue weighted by molar-refractivity contribution is -0.351. The van der Waals surface area contributed by atoms with Crippen LogP contribution in [0, 0.1) is 10.1 Å². The van der Waals surface area contributed by atoms with Gasteiger partial charge >= 0.3 is 5.84 Å². The molecule has 0 aliphatic heterocycles. The molecule has 0 heterocycles. The number of nitro groups is 1. The molecule has 0 spiro atoms. The number of rotatable bonds is 1. The SMILES string of the molecule is O=[N+]([O-])C(=NO)c1ccc(Cl)cc1. The maximum absolute atomic E-state index is 10.3. The summed E-state index contributed by atoms with van der Waals surface area (Å²) in [6, 6.07) is 5.76. The van der Waals surface area contributed by atoms with Crippen LogP contribution in [0.1, 0.15) is 5.56 Å². The van der Waals surface area contributed by atoms with E-state index in [-0.39, 0.29) is 5.56 Å². The minimum atomic E-state index is -0.775. The molecule has 1 rings (SSSR count). The molecule has 13 heavy (non-hydrogen) atoms. The van der Waals surface area contributed by atoms with Crippen LogP contribution in [0.5, 0.6) is 0 Å². The molecule has 0 saturated carbocycles. The van der Waals surface area contributed by atoms with Gasteiger partial charge in [0.2, 0.25) is 0 Å². The van der Waals surface area contributed by atoms with Gasteiger partial charge in [0.1, 0.15) is 0 Å². The summed E-state index contributed by atoms with van der Waals surface area (Å²) < 4.78 is 0. The van der Waals surface area contributed by atoms with Gasteiger partial charge in [-0.15, -0.1) is 0 Å². The summed E-state index contributed by atoms with van der Waals surface area (Å²) in [5.41, 5.74) is 0.205. The smallest absolute Gasteiger partial charge is 0.358 e. The van der Waals surface area contributed by atoms with Crippen molar-refractivity contribution in [1.82, 2.24) is 0 Å². The van der Waals surface area contributed by atoms with Gasteiger partial charge in [0, 0.05) is 5.02 Å². The van der Waals surface area contributed by atoms with Crippen molar-refractivity contribution in [3.05, 3.63) is 45.0 Å². The summed E-state index contributed by atoms with van der Waals surface area (Å²) in [6.07, 6.45) is 0. The number of amidine groups is 1. The normalized spacial score (nSPS) is 11.3.